The topological polar surface area (TPSA) is 93.0 Å². The van der Waals surface area contributed by atoms with Crippen LogP contribution in [0.3, 0.4) is 0 Å². The molecular formula is C11H13NO5S. The number of oxime groups is 1. The van der Waals surface area contributed by atoms with Crippen LogP contribution in [0.5, 0.6) is 0 Å². The van der Waals surface area contributed by atoms with E-state index in [0.29, 0.717) is 5.56 Å². The molecule has 0 unspecified atom stereocenters. The van der Waals surface area contributed by atoms with Crippen molar-refractivity contribution in [2.75, 3.05) is 6.61 Å². The van der Waals surface area contributed by atoms with Gasteiger partial charge in [0.05, 0.1) is 11.5 Å². The first-order valence-corrected chi connectivity index (χ1v) is 6.63. The van der Waals surface area contributed by atoms with Gasteiger partial charge in [0.1, 0.15) is 0 Å². The molecule has 0 aliphatic heterocycles. The summed E-state index contributed by atoms with van der Waals surface area (Å²) in [7, 11) is -4.18. The average Bonchev–Trinajstić information content (AvgIpc) is 2.30. The molecule has 0 saturated heterocycles. The first-order chi connectivity index (χ1) is 8.45. The number of nitrogens with zero attached hydrogens (tertiary/aromatic N) is 1. The third kappa shape index (κ3) is 2.67. The summed E-state index contributed by atoms with van der Waals surface area (Å²) in [6.07, 6.45) is 0. The van der Waals surface area contributed by atoms with Crippen LogP contribution >= 0.6 is 0 Å². The molecule has 0 radical (unpaired) electrons. The lowest BCUT2D eigenvalue weighted by Crippen LogP contribution is -2.27. The van der Waals surface area contributed by atoms with Crippen molar-refractivity contribution < 1.29 is 23.2 Å². The van der Waals surface area contributed by atoms with E-state index in [0.717, 1.165) is 0 Å². The molecule has 0 bridgehead atoms. The van der Waals surface area contributed by atoms with Crippen LogP contribution < -0.4 is 0 Å². The summed E-state index contributed by atoms with van der Waals surface area (Å²) in [6, 6.07) is 6.08. The molecule has 7 heteroatoms. The molecule has 1 aromatic carbocycles. The summed E-state index contributed by atoms with van der Waals surface area (Å²) in [4.78, 5) is 11.3. The zero-order valence-electron chi connectivity index (χ0n) is 9.95. The first kappa shape index (κ1) is 14.2. The van der Waals surface area contributed by atoms with Gasteiger partial charge in [-0.25, -0.2) is 13.2 Å². The van der Waals surface area contributed by atoms with E-state index in [1.807, 2.05) is 0 Å². The molecule has 0 aliphatic rings. The van der Waals surface area contributed by atoms with Crippen molar-refractivity contribution in [3.8, 4) is 0 Å². The summed E-state index contributed by atoms with van der Waals surface area (Å²) < 4.78 is 28.8. The van der Waals surface area contributed by atoms with E-state index in [4.69, 9.17) is 5.21 Å². The molecule has 0 aromatic heterocycles. The molecule has 0 fully saturated rings. The standard InChI is InChI=1S/C11H13NO5S/c1-3-17-11(13)10(12-14)18(15,16)9-7-5-4-6-8(9)2/h4-7,14H,3H2,1-2H3. The van der Waals surface area contributed by atoms with Gasteiger partial charge in [-0.1, -0.05) is 23.4 Å². The Morgan fingerprint density at radius 3 is 2.50 bits per heavy atom. The molecule has 0 saturated carbocycles. The summed E-state index contributed by atoms with van der Waals surface area (Å²) in [6.45, 7) is 3.08. The van der Waals surface area contributed by atoms with Gasteiger partial charge in [-0.05, 0) is 25.5 Å². The van der Waals surface area contributed by atoms with Crippen LogP contribution in [-0.4, -0.2) is 31.2 Å². The van der Waals surface area contributed by atoms with Crippen LogP contribution in [0.2, 0.25) is 0 Å². The maximum atomic E-state index is 12.1. The number of rotatable bonds is 2. The van der Waals surface area contributed by atoms with E-state index in [1.54, 1.807) is 19.1 Å². The molecule has 0 spiro atoms. The molecule has 1 aromatic rings. The first-order valence-electron chi connectivity index (χ1n) is 5.15. The zero-order chi connectivity index (χ0) is 13.8. The van der Waals surface area contributed by atoms with Gasteiger partial charge in [0, 0.05) is 0 Å². The van der Waals surface area contributed by atoms with Gasteiger partial charge >= 0.3 is 5.97 Å². The highest BCUT2D eigenvalue weighted by atomic mass is 32.2. The predicted molar refractivity (Wildman–Crippen MR) is 64.2 cm³/mol. The largest absolute Gasteiger partial charge is 0.461 e. The van der Waals surface area contributed by atoms with Gasteiger partial charge in [-0.3, -0.25) is 0 Å². The summed E-state index contributed by atoms with van der Waals surface area (Å²) in [5.74, 6) is -1.18. The molecule has 18 heavy (non-hydrogen) atoms. The predicted octanol–water partition coefficient (Wildman–Crippen LogP) is 1.12. The number of benzene rings is 1. The van der Waals surface area contributed by atoms with Crippen LogP contribution in [0.1, 0.15) is 12.5 Å². The average molecular weight is 271 g/mol. The highest BCUT2D eigenvalue weighted by molar-refractivity contribution is 8.08. The van der Waals surface area contributed by atoms with Crippen LogP contribution in [0.15, 0.2) is 34.3 Å². The Hall–Kier alpha value is -1.89. The highest BCUT2D eigenvalue weighted by Gasteiger charge is 2.32. The molecule has 0 aliphatic carbocycles. The second-order valence-electron chi connectivity index (χ2n) is 3.39. The normalized spacial score (nSPS) is 12.2. The summed E-state index contributed by atoms with van der Waals surface area (Å²) in [5.41, 5.74) is 0.447. The molecule has 0 atom stereocenters. The van der Waals surface area contributed by atoms with Gasteiger partial charge < -0.3 is 9.94 Å². The number of hydrogen-bond acceptors (Lipinski definition) is 6. The molecule has 1 rings (SSSR count). The van der Waals surface area contributed by atoms with Crippen molar-refractivity contribution in [3.05, 3.63) is 29.8 Å². The van der Waals surface area contributed by atoms with E-state index >= 15 is 0 Å². The Morgan fingerprint density at radius 1 is 1.39 bits per heavy atom. The molecule has 0 amide bonds. The summed E-state index contributed by atoms with van der Waals surface area (Å²) in [5, 5.41) is 10.3. The van der Waals surface area contributed by atoms with Crippen LogP contribution in [0.4, 0.5) is 0 Å². The monoisotopic (exact) mass is 271 g/mol. The SMILES string of the molecule is CCOC(=O)C(=NO)S(=O)(=O)c1ccccc1C. The van der Waals surface area contributed by atoms with Crippen LogP contribution in [0.25, 0.3) is 0 Å². The lowest BCUT2D eigenvalue weighted by molar-refractivity contribution is -0.134. The maximum Gasteiger partial charge on any atom is 0.372 e. The van der Waals surface area contributed by atoms with Gasteiger partial charge in [0.2, 0.25) is 9.84 Å². The minimum atomic E-state index is -4.18. The lowest BCUT2D eigenvalue weighted by atomic mass is 10.2. The zero-order valence-corrected chi connectivity index (χ0v) is 10.8. The van der Waals surface area contributed by atoms with Gasteiger partial charge in [-0.15, -0.1) is 0 Å². The van der Waals surface area contributed by atoms with Crippen molar-refractivity contribution >= 4 is 20.9 Å². The Balaban J connectivity index is 3.30. The fraction of sp³-hybridized carbons (Fsp3) is 0.273. The second kappa shape index (κ2) is 5.63. The van der Waals surface area contributed by atoms with E-state index < -0.39 is 20.9 Å². The van der Waals surface area contributed by atoms with E-state index in [1.165, 1.54) is 19.1 Å². The number of hydrogen-bond donors (Lipinski definition) is 1. The molecule has 98 valence electrons. The van der Waals surface area contributed by atoms with E-state index in [-0.39, 0.29) is 11.5 Å². The number of sulfone groups is 1. The van der Waals surface area contributed by atoms with Gasteiger partial charge in [0.15, 0.2) is 0 Å². The Bertz CT molecular complexity index is 577. The minimum absolute atomic E-state index is 0.0128. The highest BCUT2D eigenvalue weighted by Crippen LogP contribution is 2.17. The third-order valence-corrected chi connectivity index (χ3v) is 3.97. The summed E-state index contributed by atoms with van der Waals surface area (Å²) >= 11 is 0. The molecule has 1 N–H and O–H groups in total. The fourth-order valence-electron chi connectivity index (χ4n) is 1.36. The number of carbonyl (C=O) groups is 1. The smallest absolute Gasteiger partial charge is 0.372 e. The second-order valence-corrected chi connectivity index (χ2v) is 5.23. The lowest BCUT2D eigenvalue weighted by Gasteiger charge is -2.07. The maximum absolute atomic E-state index is 12.1. The van der Waals surface area contributed by atoms with Crippen molar-refractivity contribution in [1.82, 2.24) is 0 Å². The molecular weight excluding hydrogens is 258 g/mol. The van der Waals surface area contributed by atoms with Crippen LogP contribution in [-0.2, 0) is 19.4 Å². The Morgan fingerprint density at radius 2 is 2.00 bits per heavy atom. The van der Waals surface area contributed by atoms with Gasteiger partial charge in [-0.2, -0.15) is 0 Å². The number of esters is 1. The van der Waals surface area contributed by atoms with Crippen molar-refractivity contribution in [1.29, 1.82) is 0 Å². The van der Waals surface area contributed by atoms with E-state index in [2.05, 4.69) is 9.89 Å². The van der Waals surface area contributed by atoms with E-state index in [9.17, 15) is 13.2 Å². The Labute approximate surface area is 105 Å². The molecule has 6 nitrogen and oxygen atoms in total. The third-order valence-electron chi connectivity index (χ3n) is 2.18. The van der Waals surface area contributed by atoms with Crippen molar-refractivity contribution in [2.24, 2.45) is 5.16 Å². The van der Waals surface area contributed by atoms with Crippen molar-refractivity contribution in [3.63, 3.8) is 0 Å². The Kier molecular flexibility index (Phi) is 4.43. The quantitative estimate of drug-likeness (QED) is 0.286. The van der Waals surface area contributed by atoms with Crippen LogP contribution in [0, 0.1) is 6.92 Å². The number of ether oxygens (including phenoxy) is 1. The molecule has 0 heterocycles. The van der Waals surface area contributed by atoms with Crippen molar-refractivity contribution in [2.45, 2.75) is 18.7 Å². The fourth-order valence-corrected chi connectivity index (χ4v) is 2.70. The number of carbonyl (C=O) groups excluding carboxylic acids is 1. The van der Waals surface area contributed by atoms with Gasteiger partial charge in [0.25, 0.3) is 5.04 Å². The minimum Gasteiger partial charge on any atom is -0.461 e. The number of aryl methyl sites for hydroxylation is 1.